The molecule has 1 aromatic heterocycles. The monoisotopic (exact) mass is 428 g/mol. The fourth-order valence-corrected chi connectivity index (χ4v) is 4.14. The maximum absolute atomic E-state index is 13.5. The van der Waals surface area contributed by atoms with Crippen molar-refractivity contribution in [3.63, 3.8) is 0 Å². The van der Waals surface area contributed by atoms with E-state index in [-0.39, 0.29) is 30.0 Å². The topological polar surface area (TPSA) is 65.5 Å². The van der Waals surface area contributed by atoms with Gasteiger partial charge in [-0.25, -0.2) is 18.6 Å². The van der Waals surface area contributed by atoms with Crippen LogP contribution in [0.2, 0.25) is 0 Å². The third-order valence-electron chi connectivity index (χ3n) is 4.73. The van der Waals surface area contributed by atoms with E-state index in [0.29, 0.717) is 22.8 Å². The number of benzene rings is 2. The van der Waals surface area contributed by atoms with Crippen molar-refractivity contribution >= 4 is 28.3 Å². The molecule has 0 radical (unpaired) electrons. The first kappa shape index (κ1) is 20.0. The van der Waals surface area contributed by atoms with Gasteiger partial charge in [0.1, 0.15) is 5.00 Å². The first-order valence-electron chi connectivity index (χ1n) is 9.21. The number of nitrogens with zero attached hydrogens (tertiary/aromatic N) is 3. The first-order valence-corrected chi connectivity index (χ1v) is 10.0. The van der Waals surface area contributed by atoms with Gasteiger partial charge in [0.25, 0.3) is 5.91 Å². The molecule has 2 heterocycles. The van der Waals surface area contributed by atoms with Gasteiger partial charge in [-0.2, -0.15) is 0 Å². The molecule has 0 atom stereocenters. The standard InChI is InChI=1S/C21H18F2N4O2S/c1-26-20-17(12-27(21(26)29)11-14-7-8-15(22)16(23)9-14)25-19(30-20)18(28)24-10-13-5-3-2-4-6-13/h2-9H,10-12H2,1H3,(H,24,28). The van der Waals surface area contributed by atoms with Gasteiger partial charge in [-0.05, 0) is 23.3 Å². The fourth-order valence-electron chi connectivity index (χ4n) is 3.19. The summed E-state index contributed by atoms with van der Waals surface area (Å²) in [5, 5.41) is 3.70. The van der Waals surface area contributed by atoms with E-state index in [1.165, 1.54) is 15.9 Å². The molecule has 154 valence electrons. The number of rotatable bonds is 5. The quantitative estimate of drug-likeness (QED) is 0.670. The number of anilines is 1. The predicted octanol–water partition coefficient (Wildman–Crippen LogP) is 3.92. The number of hydrogen-bond donors (Lipinski definition) is 1. The Kier molecular flexibility index (Phi) is 5.45. The number of fused-ring (bicyclic) bond motifs is 1. The van der Waals surface area contributed by atoms with Gasteiger partial charge in [-0.15, -0.1) is 0 Å². The summed E-state index contributed by atoms with van der Waals surface area (Å²) >= 11 is 1.15. The van der Waals surface area contributed by atoms with E-state index in [1.807, 2.05) is 30.3 Å². The van der Waals surface area contributed by atoms with Crippen molar-refractivity contribution in [2.75, 3.05) is 11.9 Å². The lowest BCUT2D eigenvalue weighted by molar-refractivity contribution is 0.0950. The lowest BCUT2D eigenvalue weighted by Crippen LogP contribution is -2.44. The Morgan fingerprint density at radius 2 is 1.90 bits per heavy atom. The molecule has 0 fully saturated rings. The Morgan fingerprint density at radius 3 is 2.63 bits per heavy atom. The SMILES string of the molecule is CN1C(=O)N(Cc2ccc(F)c(F)c2)Cc2nc(C(=O)NCc3ccccc3)sc21. The van der Waals surface area contributed by atoms with Gasteiger partial charge in [-0.1, -0.05) is 47.7 Å². The number of amides is 3. The number of aromatic nitrogens is 1. The minimum Gasteiger partial charge on any atom is -0.346 e. The molecule has 0 unspecified atom stereocenters. The zero-order chi connectivity index (χ0) is 21.3. The summed E-state index contributed by atoms with van der Waals surface area (Å²) in [4.78, 5) is 32.5. The molecule has 1 aliphatic heterocycles. The average molecular weight is 428 g/mol. The summed E-state index contributed by atoms with van der Waals surface area (Å²) in [5.41, 5.74) is 2.03. The van der Waals surface area contributed by atoms with Crippen LogP contribution in [0.25, 0.3) is 0 Å². The van der Waals surface area contributed by atoms with E-state index < -0.39 is 11.6 Å². The first-order chi connectivity index (χ1) is 14.4. The van der Waals surface area contributed by atoms with E-state index >= 15 is 0 Å². The van der Waals surface area contributed by atoms with Crippen molar-refractivity contribution in [1.82, 2.24) is 15.2 Å². The lowest BCUT2D eigenvalue weighted by atomic mass is 10.2. The molecule has 9 heteroatoms. The van der Waals surface area contributed by atoms with Crippen LogP contribution in [0.3, 0.4) is 0 Å². The van der Waals surface area contributed by atoms with Gasteiger partial charge in [0, 0.05) is 20.1 Å². The molecular weight excluding hydrogens is 410 g/mol. The van der Waals surface area contributed by atoms with Crippen molar-refractivity contribution < 1.29 is 18.4 Å². The Bertz CT molecular complexity index is 1100. The van der Waals surface area contributed by atoms with Gasteiger partial charge in [0.2, 0.25) is 0 Å². The van der Waals surface area contributed by atoms with Gasteiger partial charge < -0.3 is 10.2 Å². The highest BCUT2D eigenvalue weighted by atomic mass is 32.1. The van der Waals surface area contributed by atoms with Crippen molar-refractivity contribution in [1.29, 1.82) is 0 Å². The molecule has 3 aromatic rings. The molecule has 0 saturated carbocycles. The highest BCUT2D eigenvalue weighted by molar-refractivity contribution is 7.18. The van der Waals surface area contributed by atoms with Gasteiger partial charge in [0.15, 0.2) is 16.6 Å². The molecule has 0 saturated heterocycles. The van der Waals surface area contributed by atoms with Crippen molar-refractivity contribution in [3.8, 4) is 0 Å². The van der Waals surface area contributed by atoms with Crippen LogP contribution in [-0.4, -0.2) is 28.9 Å². The van der Waals surface area contributed by atoms with Crippen molar-refractivity contribution in [2.45, 2.75) is 19.6 Å². The molecule has 0 spiro atoms. The van der Waals surface area contributed by atoms with E-state index in [4.69, 9.17) is 0 Å². The third-order valence-corrected chi connectivity index (χ3v) is 5.90. The van der Waals surface area contributed by atoms with Crippen molar-refractivity contribution in [2.24, 2.45) is 0 Å². The Hall–Kier alpha value is -3.33. The van der Waals surface area contributed by atoms with Crippen LogP contribution in [0, 0.1) is 11.6 Å². The van der Waals surface area contributed by atoms with Crippen LogP contribution >= 0.6 is 11.3 Å². The van der Waals surface area contributed by atoms with Crippen molar-refractivity contribution in [3.05, 3.63) is 82.0 Å². The maximum Gasteiger partial charge on any atom is 0.325 e. The fraction of sp³-hybridized carbons (Fsp3) is 0.190. The molecule has 1 aliphatic rings. The Labute approximate surface area is 175 Å². The van der Waals surface area contributed by atoms with Crippen LogP contribution in [0.4, 0.5) is 18.6 Å². The number of hydrogen-bond acceptors (Lipinski definition) is 4. The highest BCUT2D eigenvalue weighted by Gasteiger charge is 2.32. The second-order valence-electron chi connectivity index (χ2n) is 6.89. The molecule has 3 amide bonds. The summed E-state index contributed by atoms with van der Waals surface area (Å²) in [6, 6.07) is 12.8. The lowest BCUT2D eigenvalue weighted by Gasteiger charge is -2.32. The number of thiazole rings is 1. The number of carbonyl (C=O) groups excluding carboxylic acids is 2. The van der Waals surface area contributed by atoms with E-state index in [2.05, 4.69) is 10.3 Å². The van der Waals surface area contributed by atoms with E-state index in [1.54, 1.807) is 7.05 Å². The molecular formula is C21H18F2N4O2S. The molecule has 4 rings (SSSR count). The van der Waals surface area contributed by atoms with E-state index in [0.717, 1.165) is 29.0 Å². The normalized spacial score (nSPS) is 13.4. The van der Waals surface area contributed by atoms with E-state index in [9.17, 15) is 18.4 Å². The average Bonchev–Trinajstić information content (AvgIpc) is 3.18. The zero-order valence-electron chi connectivity index (χ0n) is 16.1. The van der Waals surface area contributed by atoms with Gasteiger partial charge >= 0.3 is 6.03 Å². The second kappa shape index (κ2) is 8.19. The molecule has 0 aliphatic carbocycles. The third kappa shape index (κ3) is 4.02. The summed E-state index contributed by atoms with van der Waals surface area (Å²) in [6.07, 6.45) is 0. The Morgan fingerprint density at radius 1 is 1.13 bits per heavy atom. The minimum atomic E-state index is -0.961. The minimum absolute atomic E-state index is 0.104. The zero-order valence-corrected chi connectivity index (χ0v) is 16.9. The summed E-state index contributed by atoms with van der Waals surface area (Å²) in [6.45, 7) is 0.661. The largest absolute Gasteiger partial charge is 0.346 e. The van der Waals surface area contributed by atoms with Gasteiger partial charge in [-0.3, -0.25) is 9.69 Å². The Balaban J connectivity index is 1.48. The van der Waals surface area contributed by atoms with Crippen LogP contribution in [0.1, 0.15) is 26.6 Å². The second-order valence-corrected chi connectivity index (χ2v) is 7.86. The molecule has 2 aromatic carbocycles. The number of nitrogens with one attached hydrogen (secondary N) is 1. The molecule has 30 heavy (non-hydrogen) atoms. The molecule has 6 nitrogen and oxygen atoms in total. The predicted molar refractivity (Wildman–Crippen MR) is 109 cm³/mol. The summed E-state index contributed by atoms with van der Waals surface area (Å²) in [7, 11) is 1.60. The maximum atomic E-state index is 13.5. The molecule has 1 N–H and O–H groups in total. The highest BCUT2D eigenvalue weighted by Crippen LogP contribution is 2.34. The number of urea groups is 1. The van der Waals surface area contributed by atoms with Gasteiger partial charge in [0.05, 0.1) is 12.2 Å². The van der Waals surface area contributed by atoms with Crippen LogP contribution in [-0.2, 0) is 19.6 Å². The van der Waals surface area contributed by atoms with Crippen LogP contribution < -0.4 is 10.2 Å². The summed E-state index contributed by atoms with van der Waals surface area (Å²) < 4.78 is 26.6. The summed E-state index contributed by atoms with van der Waals surface area (Å²) in [5.74, 6) is -2.21. The smallest absolute Gasteiger partial charge is 0.325 e. The van der Waals surface area contributed by atoms with Crippen LogP contribution in [0.15, 0.2) is 48.5 Å². The number of halogens is 2. The molecule has 0 bridgehead atoms. The number of carbonyl (C=O) groups is 2. The van der Waals surface area contributed by atoms with Crippen LogP contribution in [0.5, 0.6) is 0 Å².